The molecule has 2 aromatic rings. The van der Waals surface area contributed by atoms with Crippen LogP contribution in [-0.2, 0) is 0 Å². The van der Waals surface area contributed by atoms with Crippen molar-refractivity contribution < 1.29 is 4.79 Å². The van der Waals surface area contributed by atoms with Gasteiger partial charge in [0, 0.05) is 10.7 Å². The van der Waals surface area contributed by atoms with E-state index in [0.29, 0.717) is 20.6 Å². The maximum atomic E-state index is 11.9. The monoisotopic (exact) mass is 355 g/mol. The predicted octanol–water partition coefficient (Wildman–Crippen LogP) is 3.25. The zero-order valence-electron chi connectivity index (χ0n) is 8.52. The standard InChI is InChI=1S/C11H7Br2N3O/c12-7-3-2-6-14-10(7)11(17)16-9-5-1-4-8(13)15-9/h1-6H,(H,15,16,17). The molecular weight excluding hydrogens is 350 g/mol. The molecule has 0 atom stereocenters. The summed E-state index contributed by atoms with van der Waals surface area (Å²) in [5.41, 5.74) is 0.328. The first kappa shape index (κ1) is 12.2. The second kappa shape index (κ2) is 5.37. The average Bonchev–Trinajstić information content (AvgIpc) is 2.29. The van der Waals surface area contributed by atoms with Crippen LogP contribution in [0.15, 0.2) is 45.6 Å². The third-order valence-electron chi connectivity index (χ3n) is 1.93. The minimum atomic E-state index is -0.303. The van der Waals surface area contributed by atoms with E-state index in [0.717, 1.165) is 0 Å². The fraction of sp³-hybridized carbons (Fsp3) is 0. The summed E-state index contributed by atoms with van der Waals surface area (Å²) in [6, 6.07) is 8.79. The summed E-state index contributed by atoms with van der Waals surface area (Å²) in [5.74, 6) is 0.171. The van der Waals surface area contributed by atoms with Crippen LogP contribution in [-0.4, -0.2) is 15.9 Å². The minimum Gasteiger partial charge on any atom is -0.305 e. The Labute approximate surface area is 115 Å². The Hall–Kier alpha value is -1.27. The summed E-state index contributed by atoms with van der Waals surface area (Å²) in [4.78, 5) is 20.0. The van der Waals surface area contributed by atoms with Crippen LogP contribution in [0.1, 0.15) is 10.5 Å². The van der Waals surface area contributed by atoms with Gasteiger partial charge in [0.25, 0.3) is 5.91 Å². The van der Waals surface area contributed by atoms with Crippen LogP contribution < -0.4 is 5.32 Å². The van der Waals surface area contributed by atoms with E-state index in [1.54, 1.807) is 36.5 Å². The highest BCUT2D eigenvalue weighted by molar-refractivity contribution is 9.10. The maximum Gasteiger partial charge on any atom is 0.276 e. The second-order valence-electron chi connectivity index (χ2n) is 3.13. The van der Waals surface area contributed by atoms with Gasteiger partial charge in [0.1, 0.15) is 16.1 Å². The third-order valence-corrected chi connectivity index (χ3v) is 3.01. The van der Waals surface area contributed by atoms with Crippen LogP contribution in [0, 0.1) is 0 Å². The Bertz CT molecular complexity index is 560. The number of carbonyl (C=O) groups is 1. The molecule has 0 saturated heterocycles. The number of nitrogens with zero attached hydrogens (tertiary/aromatic N) is 2. The molecule has 0 aromatic carbocycles. The molecule has 0 aliphatic carbocycles. The lowest BCUT2D eigenvalue weighted by Gasteiger charge is -2.05. The van der Waals surface area contributed by atoms with Crippen LogP contribution in [0.4, 0.5) is 5.82 Å². The zero-order chi connectivity index (χ0) is 12.3. The lowest BCUT2D eigenvalue weighted by molar-refractivity contribution is 0.102. The van der Waals surface area contributed by atoms with E-state index in [1.165, 1.54) is 0 Å². The molecule has 2 aromatic heterocycles. The quantitative estimate of drug-likeness (QED) is 0.840. The van der Waals surface area contributed by atoms with Crippen LogP contribution >= 0.6 is 31.9 Å². The Morgan fingerprint density at radius 1 is 1.18 bits per heavy atom. The van der Waals surface area contributed by atoms with E-state index in [4.69, 9.17) is 0 Å². The molecule has 0 bridgehead atoms. The molecular formula is C11H7Br2N3O. The molecule has 0 aliphatic heterocycles. The smallest absolute Gasteiger partial charge is 0.276 e. The lowest BCUT2D eigenvalue weighted by atomic mass is 10.3. The Kier molecular flexibility index (Phi) is 3.86. The van der Waals surface area contributed by atoms with Crippen molar-refractivity contribution in [3.63, 3.8) is 0 Å². The van der Waals surface area contributed by atoms with Crippen LogP contribution in [0.5, 0.6) is 0 Å². The van der Waals surface area contributed by atoms with Crippen molar-refractivity contribution >= 4 is 43.6 Å². The molecule has 0 aliphatic rings. The molecule has 0 radical (unpaired) electrons. The van der Waals surface area contributed by atoms with Crippen LogP contribution in [0.3, 0.4) is 0 Å². The van der Waals surface area contributed by atoms with Crippen molar-refractivity contribution in [3.05, 3.63) is 51.3 Å². The number of hydrogen-bond acceptors (Lipinski definition) is 3. The van der Waals surface area contributed by atoms with Gasteiger partial charge in [0.05, 0.1) is 0 Å². The SMILES string of the molecule is O=C(Nc1cccc(Br)n1)c1ncccc1Br. The normalized spacial score (nSPS) is 10.0. The minimum absolute atomic E-state index is 0.303. The number of nitrogens with one attached hydrogen (secondary N) is 1. The summed E-state index contributed by atoms with van der Waals surface area (Å²) < 4.78 is 1.31. The molecule has 0 spiro atoms. The van der Waals surface area contributed by atoms with Gasteiger partial charge in [-0.05, 0) is 56.1 Å². The number of hydrogen-bond donors (Lipinski definition) is 1. The molecule has 0 fully saturated rings. The molecule has 1 N–H and O–H groups in total. The lowest BCUT2D eigenvalue weighted by Crippen LogP contribution is -2.15. The van der Waals surface area contributed by atoms with Crippen LogP contribution in [0.25, 0.3) is 0 Å². The highest BCUT2D eigenvalue weighted by atomic mass is 79.9. The molecule has 6 heteroatoms. The number of anilines is 1. The summed E-state index contributed by atoms with van der Waals surface area (Å²) in [6.07, 6.45) is 1.56. The van der Waals surface area contributed by atoms with E-state index in [1.807, 2.05) is 0 Å². The Morgan fingerprint density at radius 2 is 2.00 bits per heavy atom. The van der Waals surface area contributed by atoms with Gasteiger partial charge in [-0.25, -0.2) is 9.97 Å². The Balaban J connectivity index is 2.20. The van der Waals surface area contributed by atoms with Gasteiger partial charge >= 0.3 is 0 Å². The third kappa shape index (κ3) is 3.10. The topological polar surface area (TPSA) is 54.9 Å². The molecule has 4 nitrogen and oxygen atoms in total. The van der Waals surface area contributed by atoms with E-state index in [9.17, 15) is 4.79 Å². The highest BCUT2D eigenvalue weighted by Gasteiger charge is 2.11. The van der Waals surface area contributed by atoms with Gasteiger partial charge in [0.2, 0.25) is 0 Å². The Morgan fingerprint density at radius 3 is 2.71 bits per heavy atom. The highest BCUT2D eigenvalue weighted by Crippen LogP contribution is 2.15. The molecule has 2 heterocycles. The number of pyridine rings is 2. The van der Waals surface area contributed by atoms with Crippen molar-refractivity contribution in [2.75, 3.05) is 5.32 Å². The van der Waals surface area contributed by atoms with Crippen molar-refractivity contribution in [3.8, 4) is 0 Å². The van der Waals surface area contributed by atoms with E-state index < -0.39 is 0 Å². The molecule has 86 valence electrons. The zero-order valence-corrected chi connectivity index (χ0v) is 11.7. The number of halogens is 2. The van der Waals surface area contributed by atoms with Crippen molar-refractivity contribution in [1.29, 1.82) is 0 Å². The van der Waals surface area contributed by atoms with Gasteiger partial charge in [-0.3, -0.25) is 4.79 Å². The van der Waals surface area contributed by atoms with E-state index in [2.05, 4.69) is 47.1 Å². The van der Waals surface area contributed by atoms with Gasteiger partial charge in [0.15, 0.2) is 0 Å². The van der Waals surface area contributed by atoms with Gasteiger partial charge in [-0.15, -0.1) is 0 Å². The number of amides is 1. The molecule has 0 unspecified atom stereocenters. The van der Waals surface area contributed by atoms with Gasteiger partial charge in [-0.1, -0.05) is 6.07 Å². The second-order valence-corrected chi connectivity index (χ2v) is 4.80. The maximum absolute atomic E-state index is 11.9. The summed E-state index contributed by atoms with van der Waals surface area (Å²) in [6.45, 7) is 0. The largest absolute Gasteiger partial charge is 0.305 e. The predicted molar refractivity (Wildman–Crippen MR) is 71.8 cm³/mol. The van der Waals surface area contributed by atoms with Crippen molar-refractivity contribution in [2.24, 2.45) is 0 Å². The average molecular weight is 357 g/mol. The number of carbonyl (C=O) groups excluding carboxylic acids is 1. The summed E-state index contributed by atoms with van der Waals surface area (Å²) >= 11 is 6.51. The van der Waals surface area contributed by atoms with Crippen molar-refractivity contribution in [1.82, 2.24) is 9.97 Å². The summed E-state index contributed by atoms with van der Waals surface area (Å²) in [7, 11) is 0. The molecule has 17 heavy (non-hydrogen) atoms. The number of rotatable bonds is 2. The first-order valence-electron chi connectivity index (χ1n) is 4.71. The van der Waals surface area contributed by atoms with E-state index >= 15 is 0 Å². The number of aromatic nitrogens is 2. The van der Waals surface area contributed by atoms with Crippen LogP contribution in [0.2, 0.25) is 0 Å². The van der Waals surface area contributed by atoms with Gasteiger partial charge < -0.3 is 5.32 Å². The summed E-state index contributed by atoms with van der Waals surface area (Å²) in [5, 5.41) is 2.67. The van der Waals surface area contributed by atoms with E-state index in [-0.39, 0.29) is 5.91 Å². The first-order chi connectivity index (χ1) is 8.16. The van der Waals surface area contributed by atoms with Gasteiger partial charge in [-0.2, -0.15) is 0 Å². The molecule has 0 saturated carbocycles. The molecule has 2 rings (SSSR count). The van der Waals surface area contributed by atoms with Crippen molar-refractivity contribution in [2.45, 2.75) is 0 Å². The fourth-order valence-electron chi connectivity index (χ4n) is 1.21. The molecule has 1 amide bonds. The fourth-order valence-corrected chi connectivity index (χ4v) is 1.98. The first-order valence-corrected chi connectivity index (χ1v) is 6.30.